The topological polar surface area (TPSA) is 28.8 Å². The van der Waals surface area contributed by atoms with Gasteiger partial charge < -0.3 is 4.57 Å². The van der Waals surface area contributed by atoms with Gasteiger partial charge in [0.15, 0.2) is 4.80 Å². The number of aromatic nitrogens is 1. The molecular weight excluding hydrogens is 168 g/mol. The minimum absolute atomic E-state index is 0.693. The van der Waals surface area contributed by atoms with Gasteiger partial charge in [-0.3, -0.25) is 5.41 Å². The monoisotopic (exact) mass is 184 g/mol. The molecule has 1 N–H and O–H groups in total. The molecule has 0 aliphatic carbocycles. The summed E-state index contributed by atoms with van der Waals surface area (Å²) in [4.78, 5) is 1.97. The molecule has 1 aromatic heterocycles. The zero-order chi connectivity index (χ0) is 9.14. The molecule has 1 aromatic rings. The van der Waals surface area contributed by atoms with E-state index in [0.29, 0.717) is 4.80 Å². The van der Waals surface area contributed by atoms with E-state index in [2.05, 4.69) is 25.3 Å². The summed E-state index contributed by atoms with van der Waals surface area (Å²) in [6.07, 6.45) is 2.37. The number of rotatable bonds is 3. The Kier molecular flexibility index (Phi) is 3.09. The van der Waals surface area contributed by atoms with Gasteiger partial charge in [-0.2, -0.15) is 0 Å². The van der Waals surface area contributed by atoms with Crippen molar-refractivity contribution in [1.29, 1.82) is 5.41 Å². The van der Waals surface area contributed by atoms with Gasteiger partial charge in [-0.15, -0.1) is 11.3 Å². The fourth-order valence-electron chi connectivity index (χ4n) is 1.20. The van der Waals surface area contributed by atoms with Crippen LogP contribution in [0.4, 0.5) is 0 Å². The standard InChI is InChI=1S/C9H16N2S/c1-4-5-6-11-7(2)8(3)12-9(11)10/h10H,4-6H2,1-3H3. The molecule has 3 heteroatoms. The van der Waals surface area contributed by atoms with Gasteiger partial charge in [-0.1, -0.05) is 13.3 Å². The average molecular weight is 184 g/mol. The van der Waals surface area contributed by atoms with E-state index in [1.165, 1.54) is 23.4 Å². The summed E-state index contributed by atoms with van der Waals surface area (Å²) in [5.74, 6) is 0. The van der Waals surface area contributed by atoms with Crippen molar-refractivity contribution in [2.24, 2.45) is 0 Å². The number of nitrogens with zero attached hydrogens (tertiary/aromatic N) is 1. The summed E-state index contributed by atoms with van der Waals surface area (Å²) in [6.45, 7) is 7.37. The van der Waals surface area contributed by atoms with Crippen LogP contribution in [0.2, 0.25) is 0 Å². The fourth-order valence-corrected chi connectivity index (χ4v) is 2.09. The van der Waals surface area contributed by atoms with E-state index < -0.39 is 0 Å². The Morgan fingerprint density at radius 3 is 2.50 bits per heavy atom. The summed E-state index contributed by atoms with van der Waals surface area (Å²) in [7, 11) is 0. The van der Waals surface area contributed by atoms with Gasteiger partial charge in [0.05, 0.1) is 0 Å². The Balaban J connectivity index is 2.90. The minimum Gasteiger partial charge on any atom is -0.321 e. The van der Waals surface area contributed by atoms with Crippen LogP contribution in [-0.4, -0.2) is 4.57 Å². The molecule has 0 aliphatic heterocycles. The van der Waals surface area contributed by atoms with Crippen molar-refractivity contribution < 1.29 is 0 Å². The van der Waals surface area contributed by atoms with Crippen LogP contribution >= 0.6 is 11.3 Å². The van der Waals surface area contributed by atoms with Crippen molar-refractivity contribution in [1.82, 2.24) is 4.57 Å². The molecule has 0 aromatic carbocycles. The van der Waals surface area contributed by atoms with E-state index in [-0.39, 0.29) is 0 Å². The maximum atomic E-state index is 7.69. The molecule has 1 rings (SSSR count). The van der Waals surface area contributed by atoms with Gasteiger partial charge in [0.25, 0.3) is 0 Å². The second kappa shape index (κ2) is 3.90. The van der Waals surface area contributed by atoms with Crippen LogP contribution in [0.25, 0.3) is 0 Å². The van der Waals surface area contributed by atoms with Crippen molar-refractivity contribution in [2.45, 2.75) is 40.2 Å². The van der Waals surface area contributed by atoms with Crippen LogP contribution in [0.5, 0.6) is 0 Å². The van der Waals surface area contributed by atoms with Gasteiger partial charge in [-0.25, -0.2) is 0 Å². The third-order valence-electron chi connectivity index (χ3n) is 2.14. The Morgan fingerprint density at radius 1 is 1.42 bits per heavy atom. The Bertz CT molecular complexity index is 309. The predicted octanol–water partition coefficient (Wildman–Crippen LogP) is 2.45. The molecule has 0 unspecified atom stereocenters. The zero-order valence-corrected chi connectivity index (χ0v) is 8.79. The van der Waals surface area contributed by atoms with E-state index in [4.69, 9.17) is 5.41 Å². The van der Waals surface area contributed by atoms with Crippen LogP contribution in [-0.2, 0) is 6.54 Å². The highest BCUT2D eigenvalue weighted by atomic mass is 32.1. The molecule has 68 valence electrons. The van der Waals surface area contributed by atoms with Crippen LogP contribution in [0.3, 0.4) is 0 Å². The van der Waals surface area contributed by atoms with Crippen molar-refractivity contribution >= 4 is 11.3 Å². The van der Waals surface area contributed by atoms with Crippen LogP contribution < -0.4 is 4.80 Å². The van der Waals surface area contributed by atoms with E-state index in [1.807, 2.05) is 0 Å². The number of aryl methyl sites for hydroxylation is 1. The van der Waals surface area contributed by atoms with Gasteiger partial charge in [0, 0.05) is 17.1 Å². The van der Waals surface area contributed by atoms with Gasteiger partial charge in [-0.05, 0) is 20.3 Å². The lowest BCUT2D eigenvalue weighted by Gasteiger charge is -2.03. The summed E-state index contributed by atoms with van der Waals surface area (Å²) >= 11 is 1.58. The molecule has 0 amide bonds. The molecule has 0 bridgehead atoms. The van der Waals surface area contributed by atoms with Gasteiger partial charge in [0.1, 0.15) is 0 Å². The molecule has 2 nitrogen and oxygen atoms in total. The number of hydrogen-bond donors (Lipinski definition) is 1. The van der Waals surface area contributed by atoms with Crippen molar-refractivity contribution in [2.75, 3.05) is 0 Å². The number of thiazole rings is 1. The maximum Gasteiger partial charge on any atom is 0.182 e. The Morgan fingerprint density at radius 2 is 2.08 bits per heavy atom. The molecule has 12 heavy (non-hydrogen) atoms. The molecule has 0 fully saturated rings. The summed E-state index contributed by atoms with van der Waals surface area (Å²) < 4.78 is 2.10. The predicted molar refractivity (Wildman–Crippen MR) is 52.5 cm³/mol. The highest BCUT2D eigenvalue weighted by Gasteiger charge is 2.03. The van der Waals surface area contributed by atoms with E-state index >= 15 is 0 Å². The lowest BCUT2D eigenvalue weighted by atomic mass is 10.3. The molecule has 0 saturated heterocycles. The third kappa shape index (κ3) is 1.78. The zero-order valence-electron chi connectivity index (χ0n) is 7.98. The summed E-state index contributed by atoms with van der Waals surface area (Å²) in [5.41, 5.74) is 1.26. The quantitative estimate of drug-likeness (QED) is 0.747. The smallest absolute Gasteiger partial charge is 0.182 e. The molecule has 0 aliphatic rings. The highest BCUT2D eigenvalue weighted by Crippen LogP contribution is 2.09. The molecular formula is C9H16N2S. The normalized spacial score (nSPS) is 10.6. The van der Waals surface area contributed by atoms with E-state index in [0.717, 1.165) is 6.54 Å². The minimum atomic E-state index is 0.693. The Labute approximate surface area is 77.4 Å². The first kappa shape index (κ1) is 9.52. The van der Waals surface area contributed by atoms with Crippen LogP contribution in [0.15, 0.2) is 0 Å². The van der Waals surface area contributed by atoms with E-state index in [1.54, 1.807) is 11.3 Å². The molecule has 0 saturated carbocycles. The van der Waals surface area contributed by atoms with Crippen molar-refractivity contribution in [3.05, 3.63) is 15.4 Å². The highest BCUT2D eigenvalue weighted by molar-refractivity contribution is 7.09. The van der Waals surface area contributed by atoms with Gasteiger partial charge in [0.2, 0.25) is 0 Å². The van der Waals surface area contributed by atoms with Crippen LogP contribution in [0.1, 0.15) is 30.3 Å². The average Bonchev–Trinajstić information content (AvgIpc) is 2.25. The second-order valence-corrected chi connectivity index (χ2v) is 4.26. The summed E-state index contributed by atoms with van der Waals surface area (Å²) in [6, 6.07) is 0. The fraction of sp³-hybridized carbons (Fsp3) is 0.667. The third-order valence-corrected chi connectivity index (χ3v) is 3.16. The van der Waals surface area contributed by atoms with E-state index in [9.17, 15) is 0 Å². The largest absolute Gasteiger partial charge is 0.321 e. The summed E-state index contributed by atoms with van der Waals surface area (Å²) in [5, 5.41) is 7.69. The molecule has 0 spiro atoms. The van der Waals surface area contributed by atoms with Gasteiger partial charge >= 0.3 is 0 Å². The molecule has 1 heterocycles. The first-order valence-corrected chi connectivity index (χ1v) is 5.20. The lowest BCUT2D eigenvalue weighted by Crippen LogP contribution is -2.14. The SMILES string of the molecule is CCCCn1c(C)c(C)sc1=N. The van der Waals surface area contributed by atoms with Crippen molar-refractivity contribution in [3.8, 4) is 0 Å². The van der Waals surface area contributed by atoms with Crippen molar-refractivity contribution in [3.63, 3.8) is 0 Å². The number of hydrogen-bond acceptors (Lipinski definition) is 2. The Hall–Kier alpha value is -0.570. The first-order chi connectivity index (χ1) is 5.66. The molecule has 0 radical (unpaired) electrons. The first-order valence-electron chi connectivity index (χ1n) is 4.38. The lowest BCUT2D eigenvalue weighted by molar-refractivity contribution is 0.600. The maximum absolute atomic E-state index is 7.69. The van der Waals surface area contributed by atoms with Crippen LogP contribution in [0, 0.1) is 19.3 Å². The number of nitrogens with one attached hydrogen (secondary N) is 1. The molecule has 0 atom stereocenters. The number of unbranched alkanes of at least 4 members (excludes halogenated alkanes) is 1. The second-order valence-electron chi connectivity index (χ2n) is 3.05.